The summed E-state index contributed by atoms with van der Waals surface area (Å²) in [5.41, 5.74) is 1.31. The highest BCUT2D eigenvalue weighted by molar-refractivity contribution is 5.79. The van der Waals surface area contributed by atoms with Gasteiger partial charge in [-0.1, -0.05) is 19.1 Å². The average molecular weight is 356 g/mol. The van der Waals surface area contributed by atoms with Gasteiger partial charge in [0.2, 0.25) is 0 Å². The van der Waals surface area contributed by atoms with Crippen molar-refractivity contribution in [1.29, 1.82) is 0 Å². The lowest BCUT2D eigenvalue weighted by Crippen LogP contribution is -2.38. The van der Waals surface area contributed by atoms with Gasteiger partial charge in [0.05, 0.1) is 13.7 Å². The molecule has 0 saturated heterocycles. The summed E-state index contributed by atoms with van der Waals surface area (Å²) in [7, 11) is 3.48. The van der Waals surface area contributed by atoms with Crippen molar-refractivity contribution in [3.63, 3.8) is 0 Å². The van der Waals surface area contributed by atoms with Gasteiger partial charge in [0, 0.05) is 26.6 Å². The van der Waals surface area contributed by atoms with E-state index < -0.39 is 0 Å². The zero-order valence-corrected chi connectivity index (χ0v) is 15.8. The second kappa shape index (κ2) is 8.69. The molecule has 0 spiro atoms. The largest absolute Gasteiger partial charge is 0.497 e. The average Bonchev–Trinajstić information content (AvgIpc) is 3.28. The van der Waals surface area contributed by atoms with Crippen molar-refractivity contribution >= 4 is 5.96 Å². The Labute approximate surface area is 154 Å². The molecule has 1 aliphatic rings. The van der Waals surface area contributed by atoms with E-state index >= 15 is 0 Å². The molecule has 2 heterocycles. The molecule has 2 N–H and O–H groups in total. The van der Waals surface area contributed by atoms with Crippen LogP contribution in [0.3, 0.4) is 0 Å². The van der Waals surface area contributed by atoms with Crippen LogP contribution in [0, 0.1) is 0 Å². The molecular formula is C19H28N6O. The van der Waals surface area contributed by atoms with Gasteiger partial charge < -0.3 is 19.9 Å². The Balaban J connectivity index is 1.43. The third kappa shape index (κ3) is 4.33. The summed E-state index contributed by atoms with van der Waals surface area (Å²) in [6.45, 7) is 4.75. The van der Waals surface area contributed by atoms with Crippen molar-refractivity contribution < 1.29 is 4.74 Å². The molecule has 0 aliphatic carbocycles. The molecule has 0 saturated carbocycles. The van der Waals surface area contributed by atoms with E-state index in [0.717, 1.165) is 55.7 Å². The first-order valence-corrected chi connectivity index (χ1v) is 9.20. The zero-order chi connectivity index (χ0) is 18.4. The van der Waals surface area contributed by atoms with Crippen LogP contribution in [0.25, 0.3) is 0 Å². The predicted molar refractivity (Wildman–Crippen MR) is 103 cm³/mol. The number of aryl methyl sites for hydroxylation is 1. The van der Waals surface area contributed by atoms with E-state index in [1.807, 2.05) is 12.1 Å². The van der Waals surface area contributed by atoms with Crippen LogP contribution in [0.5, 0.6) is 5.75 Å². The van der Waals surface area contributed by atoms with Crippen molar-refractivity contribution in [1.82, 2.24) is 25.4 Å². The molecule has 1 aromatic heterocycles. The van der Waals surface area contributed by atoms with Crippen LogP contribution in [0.1, 0.15) is 42.9 Å². The molecule has 1 unspecified atom stereocenters. The number of fused-ring (bicyclic) bond motifs is 1. The fourth-order valence-corrected chi connectivity index (χ4v) is 3.23. The first-order chi connectivity index (χ1) is 12.7. The molecule has 0 amide bonds. The Morgan fingerprint density at radius 2 is 2.08 bits per heavy atom. The monoisotopic (exact) mass is 356 g/mol. The topological polar surface area (TPSA) is 76.4 Å². The quantitative estimate of drug-likeness (QED) is 0.587. The number of aromatic nitrogens is 3. The number of nitrogens with one attached hydrogen (secondary N) is 2. The maximum atomic E-state index is 5.21. The Morgan fingerprint density at radius 3 is 2.81 bits per heavy atom. The molecule has 0 radical (unpaired) electrons. The summed E-state index contributed by atoms with van der Waals surface area (Å²) < 4.78 is 7.41. The van der Waals surface area contributed by atoms with Gasteiger partial charge in [-0.25, -0.2) is 0 Å². The van der Waals surface area contributed by atoms with Gasteiger partial charge in [0.1, 0.15) is 11.6 Å². The van der Waals surface area contributed by atoms with E-state index in [0.29, 0.717) is 12.5 Å². The van der Waals surface area contributed by atoms with E-state index in [9.17, 15) is 0 Å². The normalized spacial score (nSPS) is 14.8. The highest BCUT2D eigenvalue weighted by Crippen LogP contribution is 2.21. The van der Waals surface area contributed by atoms with Gasteiger partial charge in [-0.3, -0.25) is 4.99 Å². The molecule has 7 nitrogen and oxygen atoms in total. The summed E-state index contributed by atoms with van der Waals surface area (Å²) in [5.74, 6) is 4.22. The number of hydrogen-bond acceptors (Lipinski definition) is 4. The lowest BCUT2D eigenvalue weighted by atomic mass is 9.98. The molecular weight excluding hydrogens is 328 g/mol. The predicted octanol–water partition coefficient (Wildman–Crippen LogP) is 2.09. The van der Waals surface area contributed by atoms with Crippen LogP contribution in [0.15, 0.2) is 29.3 Å². The lowest BCUT2D eigenvalue weighted by Gasteiger charge is -2.15. The van der Waals surface area contributed by atoms with Crippen LogP contribution in [0.2, 0.25) is 0 Å². The van der Waals surface area contributed by atoms with E-state index in [1.54, 1.807) is 14.2 Å². The minimum atomic E-state index is 0.464. The number of benzene rings is 1. The molecule has 3 rings (SSSR count). The van der Waals surface area contributed by atoms with Crippen LogP contribution < -0.4 is 15.4 Å². The van der Waals surface area contributed by atoms with Crippen molar-refractivity contribution in [2.75, 3.05) is 20.7 Å². The van der Waals surface area contributed by atoms with E-state index in [-0.39, 0.29) is 0 Å². The fraction of sp³-hybridized carbons (Fsp3) is 0.526. The number of nitrogens with zero attached hydrogens (tertiary/aromatic N) is 4. The Morgan fingerprint density at radius 1 is 1.27 bits per heavy atom. The minimum Gasteiger partial charge on any atom is -0.497 e. The number of hydrogen-bond donors (Lipinski definition) is 2. The van der Waals surface area contributed by atoms with E-state index in [4.69, 9.17) is 4.74 Å². The van der Waals surface area contributed by atoms with Gasteiger partial charge in [-0.2, -0.15) is 0 Å². The zero-order valence-electron chi connectivity index (χ0n) is 15.8. The number of guanidine groups is 1. The molecule has 2 aromatic rings. The number of methoxy groups -OCH3 is 1. The summed E-state index contributed by atoms with van der Waals surface area (Å²) in [4.78, 5) is 4.29. The summed E-state index contributed by atoms with van der Waals surface area (Å²) >= 11 is 0. The Bertz CT molecular complexity index is 737. The van der Waals surface area contributed by atoms with Gasteiger partial charge in [0.15, 0.2) is 11.8 Å². The third-order valence-electron chi connectivity index (χ3n) is 4.88. The highest BCUT2D eigenvalue weighted by Gasteiger charge is 2.17. The number of aliphatic imine (C=N–C) groups is 1. The number of ether oxygens (including phenoxy) is 1. The number of rotatable bonds is 7. The maximum absolute atomic E-state index is 5.21. The second-order valence-electron chi connectivity index (χ2n) is 6.60. The smallest absolute Gasteiger partial charge is 0.191 e. The second-order valence-corrected chi connectivity index (χ2v) is 6.60. The molecule has 0 fully saturated rings. The SMILES string of the molecule is CN=C(NCCC(C)c1ccc(OC)cc1)NCc1nnc2n1CCC2. The molecule has 1 aliphatic heterocycles. The first-order valence-electron chi connectivity index (χ1n) is 9.20. The molecule has 7 heteroatoms. The van der Waals surface area contributed by atoms with E-state index in [1.165, 1.54) is 5.56 Å². The fourth-order valence-electron chi connectivity index (χ4n) is 3.23. The van der Waals surface area contributed by atoms with Crippen LogP contribution in [0.4, 0.5) is 0 Å². The van der Waals surface area contributed by atoms with Crippen molar-refractivity contribution in [2.24, 2.45) is 4.99 Å². The lowest BCUT2D eigenvalue weighted by molar-refractivity contribution is 0.414. The standard InChI is InChI=1S/C19H28N6O/c1-14(15-6-8-16(26-3)9-7-15)10-11-21-19(20-2)22-13-18-24-23-17-5-4-12-25(17)18/h6-9,14H,4-5,10-13H2,1-3H3,(H2,20,21,22). The van der Waals surface area contributed by atoms with Crippen molar-refractivity contribution in [2.45, 2.75) is 45.2 Å². The summed E-state index contributed by atoms with van der Waals surface area (Å²) in [6.07, 6.45) is 3.21. The van der Waals surface area contributed by atoms with Gasteiger partial charge in [0.25, 0.3) is 0 Å². The summed E-state index contributed by atoms with van der Waals surface area (Å²) in [6, 6.07) is 8.28. The first kappa shape index (κ1) is 18.2. The Kier molecular flexibility index (Phi) is 6.09. The molecule has 1 atom stereocenters. The Hall–Kier alpha value is -2.57. The molecule has 1 aromatic carbocycles. The summed E-state index contributed by atoms with van der Waals surface area (Å²) in [5, 5.41) is 15.2. The van der Waals surface area contributed by atoms with Crippen LogP contribution in [-0.2, 0) is 19.5 Å². The minimum absolute atomic E-state index is 0.464. The highest BCUT2D eigenvalue weighted by atomic mass is 16.5. The van der Waals surface area contributed by atoms with Crippen LogP contribution in [-0.4, -0.2) is 41.4 Å². The van der Waals surface area contributed by atoms with E-state index in [2.05, 4.69) is 49.4 Å². The molecule has 26 heavy (non-hydrogen) atoms. The van der Waals surface area contributed by atoms with Gasteiger partial charge in [-0.05, 0) is 36.5 Å². The van der Waals surface area contributed by atoms with Crippen molar-refractivity contribution in [3.05, 3.63) is 41.5 Å². The van der Waals surface area contributed by atoms with Gasteiger partial charge >= 0.3 is 0 Å². The molecule has 140 valence electrons. The third-order valence-corrected chi connectivity index (χ3v) is 4.88. The maximum Gasteiger partial charge on any atom is 0.191 e. The van der Waals surface area contributed by atoms with Crippen LogP contribution >= 0.6 is 0 Å². The van der Waals surface area contributed by atoms with Crippen molar-refractivity contribution in [3.8, 4) is 5.75 Å². The van der Waals surface area contributed by atoms with Gasteiger partial charge in [-0.15, -0.1) is 10.2 Å². The molecule has 0 bridgehead atoms.